The van der Waals surface area contributed by atoms with Gasteiger partial charge >= 0.3 is 0 Å². The Kier molecular flexibility index (Phi) is 5.97. The lowest BCUT2D eigenvalue weighted by Crippen LogP contribution is -2.28. The van der Waals surface area contributed by atoms with Crippen molar-refractivity contribution in [1.82, 2.24) is 14.7 Å². The molecule has 4 nitrogen and oxygen atoms in total. The van der Waals surface area contributed by atoms with Gasteiger partial charge in [-0.25, -0.2) is 0 Å². The van der Waals surface area contributed by atoms with Crippen molar-refractivity contribution in [3.63, 3.8) is 0 Å². The second kappa shape index (κ2) is 8.40. The van der Waals surface area contributed by atoms with Gasteiger partial charge in [-0.15, -0.1) is 0 Å². The van der Waals surface area contributed by atoms with Gasteiger partial charge in [0.15, 0.2) is 0 Å². The Hall–Kier alpha value is -2.59. The van der Waals surface area contributed by atoms with Crippen molar-refractivity contribution >= 4 is 17.5 Å². The Morgan fingerprint density at radius 3 is 2.33 bits per heavy atom. The summed E-state index contributed by atoms with van der Waals surface area (Å²) in [5.74, 6) is 0.0930. The van der Waals surface area contributed by atoms with E-state index >= 15 is 0 Å². The SMILES string of the molecule is Cc1nn(C)cc1CN(C)C(=O)C[C@@H](c1ccccc1)c1ccc(Cl)cc1. The van der Waals surface area contributed by atoms with E-state index in [1.165, 1.54) is 0 Å². The highest BCUT2D eigenvalue weighted by atomic mass is 35.5. The minimum atomic E-state index is -0.00610. The Labute approximate surface area is 165 Å². The summed E-state index contributed by atoms with van der Waals surface area (Å²) in [5.41, 5.74) is 4.23. The zero-order chi connectivity index (χ0) is 19.4. The molecule has 140 valence electrons. The van der Waals surface area contributed by atoms with Gasteiger partial charge in [0.2, 0.25) is 5.91 Å². The van der Waals surface area contributed by atoms with Gasteiger partial charge in [-0.05, 0) is 30.2 Å². The van der Waals surface area contributed by atoms with Crippen LogP contribution in [0.2, 0.25) is 5.02 Å². The van der Waals surface area contributed by atoms with Gasteiger partial charge in [-0.3, -0.25) is 9.48 Å². The minimum Gasteiger partial charge on any atom is -0.341 e. The first-order valence-electron chi connectivity index (χ1n) is 8.97. The molecule has 0 bridgehead atoms. The zero-order valence-corrected chi connectivity index (χ0v) is 16.6. The van der Waals surface area contributed by atoms with Crippen LogP contribution in [0.15, 0.2) is 60.8 Å². The van der Waals surface area contributed by atoms with E-state index in [1.807, 2.05) is 69.7 Å². The Morgan fingerprint density at radius 2 is 1.74 bits per heavy atom. The van der Waals surface area contributed by atoms with E-state index in [-0.39, 0.29) is 11.8 Å². The summed E-state index contributed by atoms with van der Waals surface area (Å²) in [7, 11) is 3.74. The van der Waals surface area contributed by atoms with Crippen LogP contribution in [-0.4, -0.2) is 27.6 Å². The zero-order valence-electron chi connectivity index (χ0n) is 15.9. The van der Waals surface area contributed by atoms with E-state index in [1.54, 1.807) is 9.58 Å². The van der Waals surface area contributed by atoms with Crippen LogP contribution in [0.4, 0.5) is 0 Å². The van der Waals surface area contributed by atoms with Crippen molar-refractivity contribution in [1.29, 1.82) is 0 Å². The van der Waals surface area contributed by atoms with Crippen LogP contribution in [0.3, 0.4) is 0 Å². The fraction of sp³-hybridized carbons (Fsp3) is 0.273. The molecule has 0 fully saturated rings. The summed E-state index contributed by atoms with van der Waals surface area (Å²) < 4.78 is 1.78. The number of nitrogens with zero attached hydrogens (tertiary/aromatic N) is 3. The van der Waals surface area contributed by atoms with E-state index in [9.17, 15) is 4.79 Å². The van der Waals surface area contributed by atoms with Gasteiger partial charge < -0.3 is 4.90 Å². The first kappa shape index (κ1) is 19.2. The molecule has 1 heterocycles. The van der Waals surface area contributed by atoms with Crippen LogP contribution in [-0.2, 0) is 18.4 Å². The number of aryl methyl sites for hydroxylation is 2. The van der Waals surface area contributed by atoms with Crippen molar-refractivity contribution < 1.29 is 4.79 Å². The highest BCUT2D eigenvalue weighted by molar-refractivity contribution is 6.30. The fourth-order valence-electron chi connectivity index (χ4n) is 3.29. The summed E-state index contributed by atoms with van der Waals surface area (Å²) in [6, 6.07) is 17.9. The van der Waals surface area contributed by atoms with E-state index in [0.717, 1.165) is 22.4 Å². The lowest BCUT2D eigenvalue weighted by atomic mass is 9.88. The average molecular weight is 382 g/mol. The molecule has 0 N–H and O–H groups in total. The summed E-state index contributed by atoms with van der Waals surface area (Å²) >= 11 is 6.04. The van der Waals surface area contributed by atoms with E-state index in [0.29, 0.717) is 18.0 Å². The van der Waals surface area contributed by atoms with Gasteiger partial charge in [0.1, 0.15) is 0 Å². The van der Waals surface area contributed by atoms with Crippen LogP contribution in [0.5, 0.6) is 0 Å². The molecule has 0 spiro atoms. The molecule has 1 amide bonds. The Bertz CT molecular complexity index is 903. The lowest BCUT2D eigenvalue weighted by molar-refractivity contribution is -0.130. The topological polar surface area (TPSA) is 38.1 Å². The smallest absolute Gasteiger partial charge is 0.223 e. The van der Waals surface area contributed by atoms with E-state index in [2.05, 4.69) is 17.2 Å². The number of carbonyl (C=O) groups excluding carboxylic acids is 1. The lowest BCUT2D eigenvalue weighted by Gasteiger charge is -2.22. The molecule has 1 aromatic heterocycles. The molecule has 3 rings (SSSR count). The normalized spacial score (nSPS) is 12.0. The van der Waals surface area contributed by atoms with Gasteiger partial charge in [0.25, 0.3) is 0 Å². The highest BCUT2D eigenvalue weighted by Crippen LogP contribution is 2.29. The maximum Gasteiger partial charge on any atom is 0.223 e. The van der Waals surface area contributed by atoms with Crippen LogP contribution < -0.4 is 0 Å². The molecule has 0 radical (unpaired) electrons. The Balaban J connectivity index is 1.80. The van der Waals surface area contributed by atoms with Crippen molar-refractivity contribution in [3.8, 4) is 0 Å². The van der Waals surface area contributed by atoms with Crippen LogP contribution in [0.25, 0.3) is 0 Å². The number of amides is 1. The van der Waals surface area contributed by atoms with E-state index < -0.39 is 0 Å². The maximum atomic E-state index is 13.0. The summed E-state index contributed by atoms with van der Waals surface area (Å²) in [4.78, 5) is 14.7. The average Bonchev–Trinajstić information content (AvgIpc) is 2.98. The number of hydrogen-bond donors (Lipinski definition) is 0. The van der Waals surface area contributed by atoms with Crippen molar-refractivity contribution in [2.75, 3.05) is 7.05 Å². The van der Waals surface area contributed by atoms with Crippen molar-refractivity contribution in [3.05, 3.63) is 88.2 Å². The monoisotopic (exact) mass is 381 g/mol. The molecule has 1 atom stereocenters. The molecule has 0 saturated carbocycles. The molecule has 0 aliphatic carbocycles. The second-order valence-electron chi connectivity index (χ2n) is 6.88. The minimum absolute atomic E-state index is 0.00610. The predicted octanol–water partition coefficient (Wildman–Crippen LogP) is 4.56. The quantitative estimate of drug-likeness (QED) is 0.627. The standard InChI is InChI=1S/C22H24ClN3O/c1-16-19(15-26(3)24-16)14-25(2)22(27)13-21(17-7-5-4-6-8-17)18-9-11-20(23)12-10-18/h4-12,15,21H,13-14H2,1-3H3/t21-/m0/s1. The number of hydrogen-bond acceptors (Lipinski definition) is 2. The third-order valence-electron chi connectivity index (χ3n) is 4.80. The molecule has 3 aromatic rings. The summed E-state index contributed by atoms with van der Waals surface area (Å²) in [5, 5.41) is 5.05. The number of aromatic nitrogens is 2. The maximum absolute atomic E-state index is 13.0. The molecule has 0 aliphatic rings. The van der Waals surface area contributed by atoms with Gasteiger partial charge in [0.05, 0.1) is 5.69 Å². The Morgan fingerprint density at radius 1 is 1.11 bits per heavy atom. The third kappa shape index (κ3) is 4.77. The summed E-state index contributed by atoms with van der Waals surface area (Å²) in [6.07, 6.45) is 2.37. The van der Waals surface area contributed by atoms with Crippen LogP contribution in [0, 0.1) is 6.92 Å². The summed E-state index contributed by atoms with van der Waals surface area (Å²) in [6.45, 7) is 2.52. The molecular weight excluding hydrogens is 358 g/mol. The number of rotatable bonds is 6. The molecule has 0 saturated heterocycles. The van der Waals surface area contributed by atoms with Gasteiger partial charge in [0, 0.05) is 49.8 Å². The molecule has 27 heavy (non-hydrogen) atoms. The van der Waals surface area contributed by atoms with Gasteiger partial charge in [-0.1, -0.05) is 54.1 Å². The van der Waals surface area contributed by atoms with Gasteiger partial charge in [-0.2, -0.15) is 5.10 Å². The third-order valence-corrected chi connectivity index (χ3v) is 5.05. The fourth-order valence-corrected chi connectivity index (χ4v) is 3.41. The molecule has 5 heteroatoms. The molecule has 0 aliphatic heterocycles. The number of carbonyl (C=O) groups is 1. The first-order chi connectivity index (χ1) is 12.9. The highest BCUT2D eigenvalue weighted by Gasteiger charge is 2.21. The number of benzene rings is 2. The number of halogens is 1. The first-order valence-corrected chi connectivity index (χ1v) is 9.35. The second-order valence-corrected chi connectivity index (χ2v) is 7.32. The van der Waals surface area contributed by atoms with E-state index in [4.69, 9.17) is 11.6 Å². The van der Waals surface area contributed by atoms with Crippen LogP contribution >= 0.6 is 11.6 Å². The van der Waals surface area contributed by atoms with Crippen LogP contribution in [0.1, 0.15) is 34.7 Å². The molecular formula is C22H24ClN3O. The molecule has 0 unspecified atom stereocenters. The largest absolute Gasteiger partial charge is 0.341 e. The predicted molar refractivity (Wildman–Crippen MR) is 109 cm³/mol. The van der Waals surface area contributed by atoms with Crippen molar-refractivity contribution in [2.45, 2.75) is 25.8 Å². The van der Waals surface area contributed by atoms with Crippen molar-refractivity contribution in [2.24, 2.45) is 7.05 Å². The molecule has 2 aromatic carbocycles.